The lowest BCUT2D eigenvalue weighted by molar-refractivity contribution is 0.444. The Hall–Kier alpha value is -1.77. The van der Waals surface area contributed by atoms with E-state index in [1.807, 2.05) is 0 Å². The summed E-state index contributed by atoms with van der Waals surface area (Å²) in [6, 6.07) is 2.97. The third kappa shape index (κ3) is 3.15. The van der Waals surface area contributed by atoms with Gasteiger partial charge >= 0.3 is 0 Å². The Bertz CT molecular complexity index is 1130. The lowest BCUT2D eigenvalue weighted by Gasteiger charge is -2.12. The van der Waals surface area contributed by atoms with Gasteiger partial charge in [-0.05, 0) is 12.1 Å². The van der Waals surface area contributed by atoms with Crippen LogP contribution in [0.15, 0.2) is 39.0 Å². The quantitative estimate of drug-likeness (QED) is 0.536. The molecular formula is C10H8O10S3. The van der Waals surface area contributed by atoms with Gasteiger partial charge in [0.1, 0.15) is 20.4 Å². The zero-order valence-corrected chi connectivity index (χ0v) is 13.2. The van der Waals surface area contributed by atoms with E-state index in [-0.39, 0.29) is 6.07 Å². The first-order chi connectivity index (χ1) is 10.2. The van der Waals surface area contributed by atoms with E-state index in [2.05, 4.69) is 0 Å². The zero-order valence-electron chi connectivity index (χ0n) is 10.8. The molecule has 0 aliphatic heterocycles. The topological polar surface area (TPSA) is 183 Å². The van der Waals surface area contributed by atoms with Crippen molar-refractivity contribution < 1.29 is 44.0 Å². The molecule has 0 aromatic heterocycles. The van der Waals surface area contributed by atoms with Gasteiger partial charge in [-0.25, -0.2) is 0 Å². The molecule has 0 radical (unpaired) electrons. The average Bonchev–Trinajstić information content (AvgIpc) is 2.34. The van der Waals surface area contributed by atoms with E-state index >= 15 is 0 Å². The van der Waals surface area contributed by atoms with Gasteiger partial charge in [0, 0.05) is 10.8 Å². The smallest absolute Gasteiger partial charge is 0.298 e. The molecule has 126 valence electrons. The highest BCUT2D eigenvalue weighted by molar-refractivity contribution is 7.87. The molecule has 0 aliphatic carbocycles. The van der Waals surface area contributed by atoms with Gasteiger partial charge in [-0.15, -0.1) is 0 Å². The van der Waals surface area contributed by atoms with Crippen LogP contribution in [0.3, 0.4) is 0 Å². The zero-order chi connectivity index (χ0) is 17.8. The van der Waals surface area contributed by atoms with Crippen LogP contribution in [0.5, 0.6) is 5.75 Å². The van der Waals surface area contributed by atoms with E-state index in [0.29, 0.717) is 0 Å². The fourth-order valence-corrected chi connectivity index (χ4v) is 4.11. The van der Waals surface area contributed by atoms with Crippen LogP contribution in [0.1, 0.15) is 0 Å². The lowest BCUT2D eigenvalue weighted by Crippen LogP contribution is -2.07. The second-order valence-electron chi connectivity index (χ2n) is 4.33. The minimum Gasteiger partial charge on any atom is -0.506 e. The van der Waals surface area contributed by atoms with Crippen molar-refractivity contribution in [3.63, 3.8) is 0 Å². The first-order valence-corrected chi connectivity index (χ1v) is 9.78. The molecule has 0 fully saturated rings. The molecule has 2 aromatic carbocycles. The fraction of sp³-hybridized carbons (Fsp3) is 0. The Morgan fingerprint density at radius 1 is 0.696 bits per heavy atom. The number of phenolic OH excluding ortho intramolecular Hbond substituents is 1. The summed E-state index contributed by atoms with van der Waals surface area (Å²) in [5.41, 5.74) is 0. The summed E-state index contributed by atoms with van der Waals surface area (Å²) in [4.78, 5) is -3.44. The third-order valence-electron chi connectivity index (χ3n) is 2.86. The summed E-state index contributed by atoms with van der Waals surface area (Å²) in [7, 11) is -15.2. The van der Waals surface area contributed by atoms with Crippen LogP contribution < -0.4 is 0 Å². The van der Waals surface area contributed by atoms with Gasteiger partial charge in [0.25, 0.3) is 30.4 Å². The monoisotopic (exact) mass is 384 g/mol. The first-order valence-electron chi connectivity index (χ1n) is 5.46. The fourth-order valence-electron chi connectivity index (χ4n) is 1.99. The van der Waals surface area contributed by atoms with Gasteiger partial charge in [0.2, 0.25) is 0 Å². The van der Waals surface area contributed by atoms with Gasteiger partial charge in [-0.2, -0.15) is 25.3 Å². The van der Waals surface area contributed by atoms with Crippen LogP contribution in [0.25, 0.3) is 10.8 Å². The van der Waals surface area contributed by atoms with Gasteiger partial charge in [0.05, 0.1) is 0 Å². The molecule has 2 rings (SSSR count). The highest BCUT2D eigenvalue weighted by Crippen LogP contribution is 2.39. The summed E-state index contributed by atoms with van der Waals surface area (Å²) in [6.45, 7) is 0. The number of phenols is 1. The molecule has 0 heterocycles. The molecular weight excluding hydrogens is 376 g/mol. The summed E-state index contributed by atoms with van der Waals surface area (Å²) >= 11 is 0. The predicted molar refractivity (Wildman–Crippen MR) is 75.1 cm³/mol. The highest BCUT2D eigenvalue weighted by atomic mass is 32.2. The normalized spacial score (nSPS) is 13.3. The maximum atomic E-state index is 11.4. The average molecular weight is 384 g/mol. The van der Waals surface area contributed by atoms with E-state index in [0.717, 1.165) is 18.2 Å². The number of fused-ring (bicyclic) bond motifs is 1. The van der Waals surface area contributed by atoms with E-state index < -0.39 is 61.6 Å². The standard InChI is InChI=1S/C10H8O10S3/c11-10-8(23(18,19)20)4-7(22(15,16)17)5-2-1-3-6(9(5)10)21(12,13)14/h1-4,11H,(H,12,13,14)(H,15,16,17)(H,18,19,20). The van der Waals surface area contributed by atoms with Crippen LogP contribution in [0, 0.1) is 0 Å². The maximum Gasteiger partial charge on any atom is 0.298 e. The van der Waals surface area contributed by atoms with E-state index in [1.54, 1.807) is 0 Å². The van der Waals surface area contributed by atoms with Gasteiger partial charge in [0.15, 0.2) is 0 Å². The summed E-state index contributed by atoms with van der Waals surface area (Å²) in [5.74, 6) is -1.30. The maximum absolute atomic E-state index is 11.4. The summed E-state index contributed by atoms with van der Waals surface area (Å²) in [5, 5.41) is 8.46. The molecule has 0 unspecified atom stereocenters. The van der Waals surface area contributed by atoms with Gasteiger partial charge in [-0.3, -0.25) is 13.7 Å². The number of hydrogen-bond donors (Lipinski definition) is 4. The molecule has 0 spiro atoms. The Balaban J connectivity index is 3.28. The third-order valence-corrected chi connectivity index (χ3v) is 5.51. The predicted octanol–water partition coefficient (Wildman–Crippen LogP) is 0.286. The SMILES string of the molecule is O=S(=O)(O)c1cc(S(=O)(=O)O)c2cccc(S(=O)(=O)O)c2c1O. The molecule has 0 bridgehead atoms. The Morgan fingerprint density at radius 2 is 1.17 bits per heavy atom. The molecule has 0 saturated carbocycles. The van der Waals surface area contributed by atoms with E-state index in [1.165, 1.54) is 0 Å². The second-order valence-corrected chi connectivity index (χ2v) is 8.50. The van der Waals surface area contributed by atoms with Crippen molar-refractivity contribution in [3.8, 4) is 5.75 Å². The molecule has 0 aliphatic rings. The molecule has 4 N–H and O–H groups in total. The summed E-state index contributed by atoms with van der Waals surface area (Å²) < 4.78 is 95.3. The van der Waals surface area contributed by atoms with Crippen molar-refractivity contribution in [2.24, 2.45) is 0 Å². The summed E-state index contributed by atoms with van der Waals surface area (Å²) in [6.07, 6.45) is 0. The number of aromatic hydroxyl groups is 1. The largest absolute Gasteiger partial charge is 0.506 e. The van der Waals surface area contributed by atoms with Crippen molar-refractivity contribution in [2.45, 2.75) is 14.7 Å². The van der Waals surface area contributed by atoms with Crippen LogP contribution >= 0.6 is 0 Å². The van der Waals surface area contributed by atoms with Crippen molar-refractivity contribution in [1.82, 2.24) is 0 Å². The Labute approximate surface area is 130 Å². The Morgan fingerprint density at radius 3 is 1.61 bits per heavy atom. The van der Waals surface area contributed by atoms with Crippen LogP contribution in [-0.4, -0.2) is 44.0 Å². The highest BCUT2D eigenvalue weighted by Gasteiger charge is 2.28. The first kappa shape index (κ1) is 17.6. The van der Waals surface area contributed by atoms with Crippen LogP contribution in [-0.2, 0) is 30.4 Å². The molecule has 0 saturated heterocycles. The lowest BCUT2D eigenvalue weighted by atomic mass is 10.1. The molecule has 2 aromatic rings. The van der Waals surface area contributed by atoms with E-state index in [4.69, 9.17) is 13.7 Å². The molecule has 0 atom stereocenters. The Kier molecular flexibility index (Phi) is 3.91. The van der Waals surface area contributed by atoms with Crippen molar-refractivity contribution >= 4 is 41.1 Å². The number of benzene rings is 2. The second kappa shape index (κ2) is 5.12. The van der Waals surface area contributed by atoms with Crippen LogP contribution in [0.4, 0.5) is 0 Å². The molecule has 23 heavy (non-hydrogen) atoms. The van der Waals surface area contributed by atoms with Crippen LogP contribution in [0.2, 0.25) is 0 Å². The minimum atomic E-state index is -5.17. The number of rotatable bonds is 3. The molecule has 13 heteroatoms. The van der Waals surface area contributed by atoms with Crippen molar-refractivity contribution in [3.05, 3.63) is 24.3 Å². The van der Waals surface area contributed by atoms with Crippen molar-refractivity contribution in [1.29, 1.82) is 0 Å². The van der Waals surface area contributed by atoms with Crippen molar-refractivity contribution in [2.75, 3.05) is 0 Å². The number of hydrogen-bond acceptors (Lipinski definition) is 7. The van der Waals surface area contributed by atoms with E-state index in [9.17, 15) is 30.4 Å². The van der Waals surface area contributed by atoms with Gasteiger partial charge < -0.3 is 5.11 Å². The molecule has 0 amide bonds. The molecule has 10 nitrogen and oxygen atoms in total. The minimum absolute atomic E-state index is 0.260. The van der Waals surface area contributed by atoms with Gasteiger partial charge in [-0.1, -0.05) is 12.1 Å².